The van der Waals surface area contributed by atoms with Crippen LogP contribution in [-0.4, -0.2) is 41.3 Å². The van der Waals surface area contributed by atoms with Gasteiger partial charge >= 0.3 is 18.4 Å². The van der Waals surface area contributed by atoms with Crippen molar-refractivity contribution in [2.24, 2.45) is 0 Å². The van der Waals surface area contributed by atoms with Crippen LogP contribution in [0, 0.1) is 0 Å². The molecule has 0 bridgehead atoms. The minimum absolute atomic E-state index is 0.00528. The van der Waals surface area contributed by atoms with Crippen molar-refractivity contribution < 1.29 is 40.4 Å². The lowest BCUT2D eigenvalue weighted by atomic mass is 9.97. The van der Waals surface area contributed by atoms with E-state index in [9.17, 15) is 31.1 Å². The number of ether oxygens (including phenoxy) is 1. The highest BCUT2D eigenvalue weighted by Gasteiger charge is 2.37. The molecule has 13 heteroatoms. The van der Waals surface area contributed by atoms with E-state index in [-0.39, 0.29) is 25.1 Å². The molecular formula is C23H20F6N4O3. The van der Waals surface area contributed by atoms with Gasteiger partial charge in [0.2, 0.25) is 11.7 Å². The van der Waals surface area contributed by atoms with Crippen molar-refractivity contribution in [2.75, 3.05) is 25.5 Å². The number of carbonyl (C=O) groups excluding carboxylic acids is 1. The molecule has 4 rings (SSSR count). The number of halogens is 6. The van der Waals surface area contributed by atoms with Gasteiger partial charge in [0, 0.05) is 30.3 Å². The lowest BCUT2D eigenvalue weighted by Crippen LogP contribution is -2.40. The minimum atomic E-state index is -5.01. The Labute approximate surface area is 201 Å². The molecule has 1 N–H and O–H groups in total. The first-order valence-electron chi connectivity index (χ1n) is 10.8. The molecule has 0 radical (unpaired) electrons. The maximum absolute atomic E-state index is 13.1. The molecule has 7 nitrogen and oxygen atoms in total. The number of alkyl halides is 6. The van der Waals surface area contributed by atoms with Crippen molar-refractivity contribution in [3.63, 3.8) is 0 Å². The molecule has 192 valence electrons. The van der Waals surface area contributed by atoms with Crippen molar-refractivity contribution >= 4 is 11.7 Å². The number of urea groups is 1. The van der Waals surface area contributed by atoms with Crippen molar-refractivity contribution in [2.45, 2.75) is 31.1 Å². The predicted molar refractivity (Wildman–Crippen MR) is 115 cm³/mol. The molecule has 0 atom stereocenters. The van der Waals surface area contributed by atoms with Crippen LogP contribution in [0.5, 0.6) is 5.75 Å². The molecule has 0 unspecified atom stereocenters. The zero-order valence-electron chi connectivity index (χ0n) is 18.8. The molecule has 2 amide bonds. The lowest BCUT2D eigenvalue weighted by Gasteiger charge is -2.30. The summed E-state index contributed by atoms with van der Waals surface area (Å²) in [6.45, 7) is 0.386. The molecule has 0 saturated carbocycles. The van der Waals surface area contributed by atoms with Gasteiger partial charge in [-0.2, -0.15) is 31.3 Å². The molecule has 0 spiro atoms. The summed E-state index contributed by atoms with van der Waals surface area (Å²) in [5.74, 6) is 1.21. The van der Waals surface area contributed by atoms with Gasteiger partial charge in [-0.25, -0.2) is 4.79 Å². The number of aromatic nitrogens is 2. The largest absolute Gasteiger partial charge is 0.497 e. The zero-order valence-corrected chi connectivity index (χ0v) is 18.8. The summed E-state index contributed by atoms with van der Waals surface area (Å²) in [7, 11) is 1.53. The van der Waals surface area contributed by atoms with E-state index >= 15 is 0 Å². The Morgan fingerprint density at radius 1 is 1.03 bits per heavy atom. The van der Waals surface area contributed by atoms with Gasteiger partial charge < -0.3 is 19.5 Å². The maximum Gasteiger partial charge on any atom is 0.416 e. The van der Waals surface area contributed by atoms with E-state index in [2.05, 4.69) is 15.5 Å². The smallest absolute Gasteiger partial charge is 0.416 e. The third kappa shape index (κ3) is 5.71. The number of anilines is 1. The third-order valence-corrected chi connectivity index (χ3v) is 5.74. The maximum atomic E-state index is 13.1. The average molecular weight is 514 g/mol. The fraction of sp³-hybridized carbons (Fsp3) is 0.348. The number of amides is 2. The highest BCUT2D eigenvalue weighted by molar-refractivity contribution is 5.89. The van der Waals surface area contributed by atoms with Gasteiger partial charge in [-0.15, -0.1) is 0 Å². The highest BCUT2D eigenvalue weighted by atomic mass is 19.4. The fourth-order valence-electron chi connectivity index (χ4n) is 3.84. The van der Waals surface area contributed by atoms with Gasteiger partial charge in [0.05, 0.1) is 18.2 Å². The molecule has 0 aliphatic carbocycles. The lowest BCUT2D eigenvalue weighted by molar-refractivity contribution is -0.143. The van der Waals surface area contributed by atoms with Crippen LogP contribution in [0.1, 0.15) is 35.8 Å². The Hall–Kier alpha value is -3.77. The molecule has 1 aliphatic rings. The molecular weight excluding hydrogens is 494 g/mol. The van der Waals surface area contributed by atoms with Crippen molar-refractivity contribution in [3.05, 3.63) is 59.5 Å². The molecule has 1 saturated heterocycles. The number of rotatable bonds is 4. The van der Waals surface area contributed by atoms with Crippen molar-refractivity contribution in [3.8, 4) is 17.1 Å². The number of nitrogens with one attached hydrogen (secondary N) is 1. The Bertz CT molecular complexity index is 1200. The highest BCUT2D eigenvalue weighted by Crippen LogP contribution is 2.38. The van der Waals surface area contributed by atoms with Gasteiger partial charge in [-0.05, 0) is 43.2 Å². The van der Waals surface area contributed by atoms with E-state index in [4.69, 9.17) is 9.26 Å². The van der Waals surface area contributed by atoms with E-state index in [0.29, 0.717) is 48.0 Å². The number of carbonyl (C=O) groups is 1. The second-order valence-electron chi connectivity index (χ2n) is 8.17. The summed E-state index contributed by atoms with van der Waals surface area (Å²) in [6, 6.07) is 7.24. The van der Waals surface area contributed by atoms with Crippen LogP contribution >= 0.6 is 0 Å². The Morgan fingerprint density at radius 2 is 1.67 bits per heavy atom. The summed E-state index contributed by atoms with van der Waals surface area (Å²) in [4.78, 5) is 18.3. The van der Waals surface area contributed by atoms with Gasteiger partial charge in [0.25, 0.3) is 0 Å². The average Bonchev–Trinajstić information content (AvgIpc) is 3.33. The SMILES string of the molecule is COc1cccc(-c2noc(C3CCN(C(=O)Nc4cc(C(F)(F)F)cc(C(F)(F)F)c4)CC3)n2)c1. The summed E-state index contributed by atoms with van der Waals surface area (Å²) >= 11 is 0. The monoisotopic (exact) mass is 514 g/mol. The summed E-state index contributed by atoms with van der Waals surface area (Å²) in [5, 5.41) is 6.14. The normalized spacial score (nSPS) is 15.1. The Balaban J connectivity index is 1.41. The van der Waals surface area contributed by atoms with E-state index in [1.54, 1.807) is 24.3 Å². The number of nitrogens with zero attached hydrogens (tertiary/aromatic N) is 3. The first kappa shape index (κ1) is 25.3. The first-order chi connectivity index (χ1) is 16.9. The van der Waals surface area contributed by atoms with E-state index < -0.39 is 35.2 Å². The van der Waals surface area contributed by atoms with Crippen molar-refractivity contribution in [1.29, 1.82) is 0 Å². The number of hydrogen-bond donors (Lipinski definition) is 1. The number of benzene rings is 2. The Morgan fingerprint density at radius 3 is 2.25 bits per heavy atom. The van der Waals surface area contributed by atoms with Gasteiger partial charge in [0.15, 0.2) is 0 Å². The topological polar surface area (TPSA) is 80.5 Å². The fourth-order valence-corrected chi connectivity index (χ4v) is 3.84. The Kier molecular flexibility index (Phi) is 6.83. The summed E-state index contributed by atoms with van der Waals surface area (Å²) < 4.78 is 88.9. The van der Waals surface area contributed by atoms with E-state index in [1.165, 1.54) is 12.0 Å². The van der Waals surface area contributed by atoms with Gasteiger partial charge in [-0.3, -0.25) is 0 Å². The molecule has 1 fully saturated rings. The van der Waals surface area contributed by atoms with Gasteiger partial charge in [0.1, 0.15) is 5.75 Å². The predicted octanol–water partition coefficient (Wildman–Crippen LogP) is 6.19. The molecule has 36 heavy (non-hydrogen) atoms. The standard InChI is InChI=1S/C23H20F6N4O3/c1-35-18-4-2-3-14(9-18)19-31-20(36-32-19)13-5-7-33(8-6-13)21(34)30-17-11-15(22(24,25)26)10-16(12-17)23(27,28)29/h2-4,9-13H,5-8H2,1H3,(H,30,34). The summed E-state index contributed by atoms with van der Waals surface area (Å²) in [6.07, 6.45) is -9.17. The molecule has 1 aliphatic heterocycles. The van der Waals surface area contributed by atoms with Crippen LogP contribution in [-0.2, 0) is 12.4 Å². The molecule has 1 aromatic heterocycles. The van der Waals surface area contributed by atoms with Crippen LogP contribution in [0.2, 0.25) is 0 Å². The van der Waals surface area contributed by atoms with E-state index in [1.807, 2.05) is 0 Å². The van der Waals surface area contributed by atoms with Crippen LogP contribution in [0.3, 0.4) is 0 Å². The number of piperidine rings is 1. The quantitative estimate of drug-likeness (QED) is 0.420. The van der Waals surface area contributed by atoms with E-state index in [0.717, 1.165) is 0 Å². The second kappa shape index (κ2) is 9.70. The third-order valence-electron chi connectivity index (χ3n) is 5.74. The van der Waals surface area contributed by atoms with Gasteiger partial charge in [-0.1, -0.05) is 17.3 Å². The molecule has 3 aromatic rings. The molecule has 2 aromatic carbocycles. The number of methoxy groups -OCH3 is 1. The van der Waals surface area contributed by atoms with Crippen LogP contribution in [0.15, 0.2) is 47.0 Å². The van der Waals surface area contributed by atoms with Crippen molar-refractivity contribution in [1.82, 2.24) is 15.0 Å². The van der Waals surface area contributed by atoms with Crippen LogP contribution in [0.25, 0.3) is 11.4 Å². The molecule has 2 heterocycles. The second-order valence-corrected chi connectivity index (χ2v) is 8.17. The number of likely N-dealkylation sites (tertiary alicyclic amines) is 1. The first-order valence-corrected chi connectivity index (χ1v) is 10.8. The zero-order chi connectivity index (χ0) is 26.1. The minimum Gasteiger partial charge on any atom is -0.497 e. The number of hydrogen-bond acceptors (Lipinski definition) is 5. The van der Waals surface area contributed by atoms with Crippen LogP contribution in [0.4, 0.5) is 36.8 Å². The summed E-state index contributed by atoms with van der Waals surface area (Å²) in [5.41, 5.74) is -2.91. The van der Waals surface area contributed by atoms with Crippen LogP contribution < -0.4 is 10.1 Å².